The number of hydrogen-bond acceptors (Lipinski definition) is 5. The third kappa shape index (κ3) is 4.02. The van der Waals surface area contributed by atoms with Crippen molar-refractivity contribution < 1.29 is 4.79 Å². The second kappa shape index (κ2) is 8.37. The Morgan fingerprint density at radius 2 is 1.67 bits per heavy atom. The van der Waals surface area contributed by atoms with Crippen molar-refractivity contribution in [2.24, 2.45) is 5.10 Å². The number of nitrogens with two attached hydrogens (primary N) is 1. The van der Waals surface area contributed by atoms with E-state index in [1.54, 1.807) is 30.5 Å². The second-order valence-corrected chi connectivity index (χ2v) is 8.01. The van der Waals surface area contributed by atoms with Crippen molar-refractivity contribution >= 4 is 57.4 Å². The Morgan fingerprint density at radius 1 is 1.00 bits per heavy atom. The molecule has 0 aliphatic heterocycles. The minimum atomic E-state index is -0.409. The van der Waals surface area contributed by atoms with Gasteiger partial charge in [0.2, 0.25) is 0 Å². The number of aromatic nitrogens is 3. The minimum absolute atomic E-state index is 0.148. The van der Waals surface area contributed by atoms with Crippen molar-refractivity contribution in [3.05, 3.63) is 94.5 Å². The Hall–Kier alpha value is -4.23. The summed E-state index contributed by atoms with van der Waals surface area (Å²) in [6, 6.07) is 22.2. The van der Waals surface area contributed by atoms with Crippen molar-refractivity contribution in [1.29, 1.82) is 0 Å². The van der Waals surface area contributed by atoms with Crippen LogP contribution in [-0.2, 0) is 0 Å². The average Bonchev–Trinajstić information content (AvgIpc) is 3.09. The van der Waals surface area contributed by atoms with Crippen LogP contribution in [-0.4, -0.2) is 26.8 Å². The molecule has 0 spiro atoms. The van der Waals surface area contributed by atoms with Crippen LogP contribution < -0.4 is 11.1 Å². The molecule has 5 rings (SSSR count). The van der Waals surface area contributed by atoms with E-state index in [4.69, 9.17) is 22.3 Å². The molecule has 0 saturated heterocycles. The molecule has 5 aromatic rings. The van der Waals surface area contributed by atoms with Gasteiger partial charge in [-0.25, -0.2) is 9.97 Å². The highest BCUT2D eigenvalue weighted by Gasteiger charge is 2.24. The third-order valence-corrected chi connectivity index (χ3v) is 5.45. The quantitative estimate of drug-likeness (QED) is 0.362. The molecular formula is C25H19ClN6O. The largest absolute Gasteiger partial charge is 0.383 e. The van der Waals surface area contributed by atoms with Gasteiger partial charge in [-0.3, -0.25) is 4.79 Å². The molecule has 0 atom stereocenters. The molecule has 8 heteroatoms. The van der Waals surface area contributed by atoms with Crippen molar-refractivity contribution in [2.45, 2.75) is 6.92 Å². The minimum Gasteiger partial charge on any atom is -0.383 e. The average molecular weight is 455 g/mol. The molecule has 0 bridgehead atoms. The lowest BCUT2D eigenvalue weighted by Gasteiger charge is -2.05. The summed E-state index contributed by atoms with van der Waals surface area (Å²) in [5.41, 5.74) is 11.4. The van der Waals surface area contributed by atoms with Crippen LogP contribution in [0.4, 0.5) is 11.5 Å². The fraction of sp³-hybridized carbons (Fsp3) is 0.0400. The molecule has 1 amide bonds. The summed E-state index contributed by atoms with van der Waals surface area (Å²) >= 11 is 5.95. The summed E-state index contributed by atoms with van der Waals surface area (Å²) in [6.45, 7) is 2.02. The molecule has 3 N–H and O–H groups in total. The number of carbonyl (C=O) groups excluding carboxylic acids is 1. The van der Waals surface area contributed by atoms with Gasteiger partial charge in [-0.1, -0.05) is 53.6 Å². The molecule has 0 aliphatic carbocycles. The van der Waals surface area contributed by atoms with Gasteiger partial charge in [0.05, 0.1) is 17.2 Å². The van der Waals surface area contributed by atoms with Gasteiger partial charge in [0.25, 0.3) is 5.91 Å². The van der Waals surface area contributed by atoms with Crippen LogP contribution in [0.2, 0.25) is 5.02 Å². The number of hydrogen-bond donors (Lipinski definition) is 2. The smallest absolute Gasteiger partial charge is 0.261 e. The number of nitrogens with zero attached hydrogens (tertiary/aromatic N) is 4. The predicted octanol–water partition coefficient (Wildman–Crippen LogP) is 5.26. The monoisotopic (exact) mass is 454 g/mol. The molecule has 0 radical (unpaired) electrons. The van der Waals surface area contributed by atoms with E-state index >= 15 is 0 Å². The lowest BCUT2D eigenvalue weighted by Crippen LogP contribution is -2.14. The molecule has 33 heavy (non-hydrogen) atoms. The molecule has 2 aromatic heterocycles. The van der Waals surface area contributed by atoms with Gasteiger partial charge < -0.3 is 11.1 Å². The summed E-state index contributed by atoms with van der Waals surface area (Å²) in [6.07, 6.45) is 1.67. The first kappa shape index (κ1) is 20.7. The number of aryl methyl sites for hydroxylation is 1. The maximum absolute atomic E-state index is 13.2. The number of rotatable bonds is 4. The number of anilines is 2. The van der Waals surface area contributed by atoms with Crippen LogP contribution in [0.1, 0.15) is 21.5 Å². The Labute approximate surface area is 194 Å². The molecule has 3 aromatic carbocycles. The number of carbonyl (C=O) groups is 1. The fourth-order valence-corrected chi connectivity index (χ4v) is 3.62. The summed E-state index contributed by atoms with van der Waals surface area (Å²) in [4.78, 5) is 22.6. The van der Waals surface area contributed by atoms with Crippen LogP contribution >= 0.6 is 11.6 Å². The first-order chi connectivity index (χ1) is 16.0. The van der Waals surface area contributed by atoms with Crippen LogP contribution in [0, 0.1) is 6.92 Å². The van der Waals surface area contributed by atoms with E-state index in [0.29, 0.717) is 32.9 Å². The highest BCUT2D eigenvalue weighted by atomic mass is 35.5. The van der Waals surface area contributed by atoms with Gasteiger partial charge in [-0.05, 0) is 48.9 Å². The van der Waals surface area contributed by atoms with E-state index in [0.717, 1.165) is 11.1 Å². The van der Waals surface area contributed by atoms with E-state index in [1.165, 1.54) is 4.68 Å². The summed E-state index contributed by atoms with van der Waals surface area (Å²) < 4.78 is 1.45. The van der Waals surface area contributed by atoms with Crippen LogP contribution in [0.15, 0.2) is 77.9 Å². The van der Waals surface area contributed by atoms with Crippen LogP contribution in [0.3, 0.4) is 0 Å². The Balaban J connectivity index is 1.65. The number of para-hydroxylation sites is 2. The number of benzene rings is 3. The Kier molecular flexibility index (Phi) is 5.24. The standard InChI is InChI=1S/C25H19ClN6O/c1-15-6-8-16(9-7-15)14-28-32-23(27)21(25(33)29-18-12-10-17(26)11-13-18)22-24(32)31-20-5-3-2-4-19(20)30-22/h2-14H,27H2,1H3,(H,29,33)/b28-14+. The number of fused-ring (bicyclic) bond motifs is 2. The zero-order chi connectivity index (χ0) is 22.9. The van der Waals surface area contributed by atoms with Gasteiger partial charge in [-0.15, -0.1) is 0 Å². The Morgan fingerprint density at radius 3 is 2.36 bits per heavy atom. The van der Waals surface area contributed by atoms with Crippen LogP contribution in [0.5, 0.6) is 0 Å². The number of nitrogens with one attached hydrogen (secondary N) is 1. The molecule has 0 aliphatic rings. The van der Waals surface area contributed by atoms with Crippen molar-refractivity contribution in [1.82, 2.24) is 14.6 Å². The SMILES string of the molecule is Cc1ccc(/C=N/n2c(N)c(C(=O)Nc3ccc(Cl)cc3)c3nc4ccccc4nc32)cc1. The van der Waals surface area contributed by atoms with Gasteiger partial charge in [0, 0.05) is 10.7 Å². The maximum Gasteiger partial charge on any atom is 0.261 e. The lowest BCUT2D eigenvalue weighted by atomic mass is 10.2. The first-order valence-corrected chi connectivity index (χ1v) is 10.6. The molecule has 162 valence electrons. The van der Waals surface area contributed by atoms with Gasteiger partial charge in [0.15, 0.2) is 5.65 Å². The molecule has 0 fully saturated rings. The van der Waals surface area contributed by atoms with E-state index < -0.39 is 5.91 Å². The molecule has 2 heterocycles. The van der Waals surface area contributed by atoms with E-state index in [1.807, 2.05) is 55.5 Å². The molecular weight excluding hydrogens is 436 g/mol. The fourth-order valence-electron chi connectivity index (χ4n) is 3.49. The second-order valence-electron chi connectivity index (χ2n) is 7.57. The first-order valence-electron chi connectivity index (χ1n) is 10.2. The molecule has 7 nitrogen and oxygen atoms in total. The van der Waals surface area contributed by atoms with Gasteiger partial charge >= 0.3 is 0 Å². The van der Waals surface area contributed by atoms with Crippen molar-refractivity contribution in [3.8, 4) is 0 Å². The van der Waals surface area contributed by atoms with Gasteiger partial charge in [-0.2, -0.15) is 9.78 Å². The lowest BCUT2D eigenvalue weighted by molar-refractivity contribution is 0.102. The number of amides is 1. The summed E-state index contributed by atoms with van der Waals surface area (Å²) in [5.74, 6) is -0.260. The highest BCUT2D eigenvalue weighted by Crippen LogP contribution is 2.29. The zero-order valence-corrected chi connectivity index (χ0v) is 18.4. The third-order valence-electron chi connectivity index (χ3n) is 5.20. The Bertz CT molecular complexity index is 1520. The maximum atomic E-state index is 13.2. The van der Waals surface area contributed by atoms with Crippen molar-refractivity contribution in [3.63, 3.8) is 0 Å². The topological polar surface area (TPSA) is 98.2 Å². The zero-order valence-electron chi connectivity index (χ0n) is 17.7. The summed E-state index contributed by atoms with van der Waals surface area (Å²) in [7, 11) is 0. The molecule has 0 unspecified atom stereocenters. The normalized spacial score (nSPS) is 11.5. The van der Waals surface area contributed by atoms with Crippen molar-refractivity contribution in [2.75, 3.05) is 11.1 Å². The highest BCUT2D eigenvalue weighted by molar-refractivity contribution is 6.30. The van der Waals surface area contributed by atoms with Crippen LogP contribution in [0.25, 0.3) is 22.2 Å². The van der Waals surface area contributed by atoms with E-state index in [2.05, 4.69) is 15.4 Å². The predicted molar refractivity (Wildman–Crippen MR) is 133 cm³/mol. The number of nitrogen functional groups attached to an aromatic ring is 1. The summed E-state index contributed by atoms with van der Waals surface area (Å²) in [5, 5.41) is 7.95. The van der Waals surface area contributed by atoms with E-state index in [9.17, 15) is 4.79 Å². The molecule has 0 saturated carbocycles. The van der Waals surface area contributed by atoms with Gasteiger partial charge in [0.1, 0.15) is 16.9 Å². The number of halogens is 1. The van der Waals surface area contributed by atoms with E-state index in [-0.39, 0.29) is 11.4 Å².